The van der Waals surface area contributed by atoms with Gasteiger partial charge in [-0.05, 0) is 34.1 Å². The second-order valence-electron chi connectivity index (χ2n) is 6.13. The van der Waals surface area contributed by atoms with E-state index in [2.05, 4.69) is 26.1 Å². The Morgan fingerprint density at radius 2 is 2.00 bits per heavy atom. The second kappa shape index (κ2) is 5.25. The minimum atomic E-state index is -0.416. The highest BCUT2D eigenvalue weighted by Gasteiger charge is 2.36. The van der Waals surface area contributed by atoms with Gasteiger partial charge in [-0.25, -0.2) is 4.79 Å². The topological polar surface area (TPSA) is 41.6 Å². The maximum absolute atomic E-state index is 12.0. The lowest BCUT2D eigenvalue weighted by Crippen LogP contribution is -2.46. The van der Waals surface area contributed by atoms with Gasteiger partial charge < -0.3 is 15.0 Å². The molecule has 2 atom stereocenters. The summed E-state index contributed by atoms with van der Waals surface area (Å²) >= 11 is 0. The quantitative estimate of drug-likeness (QED) is 0.808. The van der Waals surface area contributed by atoms with E-state index in [-0.39, 0.29) is 12.1 Å². The fraction of sp³-hybridized carbons (Fsp3) is 0.923. The predicted octanol–water partition coefficient (Wildman–Crippen LogP) is 2.38. The van der Waals surface area contributed by atoms with Crippen molar-refractivity contribution in [2.45, 2.75) is 71.7 Å². The number of amides is 1. The number of nitrogens with one attached hydrogen (secondary N) is 1. The summed E-state index contributed by atoms with van der Waals surface area (Å²) in [7, 11) is 0. The van der Waals surface area contributed by atoms with Crippen molar-refractivity contribution < 1.29 is 9.53 Å². The number of hydrogen-bond acceptors (Lipinski definition) is 3. The first kappa shape index (κ1) is 14.3. The molecule has 1 heterocycles. The molecule has 0 aromatic carbocycles. The molecule has 4 nitrogen and oxygen atoms in total. The van der Waals surface area contributed by atoms with Crippen molar-refractivity contribution in [2.75, 3.05) is 6.54 Å². The van der Waals surface area contributed by atoms with E-state index in [1.54, 1.807) is 0 Å². The van der Waals surface area contributed by atoms with Gasteiger partial charge >= 0.3 is 6.09 Å². The summed E-state index contributed by atoms with van der Waals surface area (Å²) < 4.78 is 5.40. The largest absolute Gasteiger partial charge is 0.444 e. The van der Waals surface area contributed by atoms with Crippen LogP contribution in [0.5, 0.6) is 0 Å². The number of hydrogen-bond donors (Lipinski definition) is 1. The van der Waals surface area contributed by atoms with Crippen molar-refractivity contribution >= 4 is 6.09 Å². The minimum Gasteiger partial charge on any atom is -0.444 e. The van der Waals surface area contributed by atoms with Crippen LogP contribution in [0.4, 0.5) is 4.79 Å². The molecule has 0 bridgehead atoms. The maximum atomic E-state index is 12.0. The van der Waals surface area contributed by atoms with Crippen LogP contribution in [0.3, 0.4) is 0 Å². The molecule has 100 valence electrons. The van der Waals surface area contributed by atoms with E-state index in [9.17, 15) is 4.79 Å². The minimum absolute atomic E-state index is 0.196. The summed E-state index contributed by atoms with van der Waals surface area (Å²) in [5.74, 6) is 0. The molecule has 17 heavy (non-hydrogen) atoms. The Morgan fingerprint density at radius 3 is 2.47 bits per heavy atom. The Morgan fingerprint density at radius 1 is 1.41 bits per heavy atom. The third kappa shape index (κ3) is 4.19. The SMILES string of the molecule is CC(C)N[C@H]1CCN(C(=O)OC(C)(C)C)[C@H]1C. The highest BCUT2D eigenvalue weighted by Crippen LogP contribution is 2.21. The van der Waals surface area contributed by atoms with E-state index in [4.69, 9.17) is 4.74 Å². The Labute approximate surface area is 105 Å². The molecule has 0 spiro atoms. The van der Waals surface area contributed by atoms with Crippen molar-refractivity contribution in [3.63, 3.8) is 0 Å². The zero-order valence-electron chi connectivity index (χ0n) is 11.9. The molecule has 0 radical (unpaired) electrons. The molecular weight excluding hydrogens is 216 g/mol. The molecule has 1 fully saturated rings. The van der Waals surface area contributed by atoms with E-state index in [1.807, 2.05) is 25.7 Å². The van der Waals surface area contributed by atoms with Gasteiger partial charge in [0.1, 0.15) is 5.60 Å². The van der Waals surface area contributed by atoms with Crippen molar-refractivity contribution in [3.8, 4) is 0 Å². The zero-order chi connectivity index (χ0) is 13.2. The summed E-state index contributed by atoms with van der Waals surface area (Å²) in [6.45, 7) is 12.8. The average molecular weight is 242 g/mol. The summed E-state index contributed by atoms with van der Waals surface area (Å²) in [4.78, 5) is 13.8. The van der Waals surface area contributed by atoms with Crippen LogP contribution in [0.2, 0.25) is 0 Å². The van der Waals surface area contributed by atoms with Gasteiger partial charge in [-0.1, -0.05) is 13.8 Å². The van der Waals surface area contributed by atoms with Gasteiger partial charge in [-0.2, -0.15) is 0 Å². The third-order valence-corrected chi connectivity index (χ3v) is 2.93. The van der Waals surface area contributed by atoms with Gasteiger partial charge in [-0.3, -0.25) is 0 Å². The van der Waals surface area contributed by atoms with E-state index >= 15 is 0 Å². The van der Waals surface area contributed by atoms with Crippen LogP contribution < -0.4 is 5.32 Å². The zero-order valence-corrected chi connectivity index (χ0v) is 11.9. The molecule has 1 amide bonds. The summed E-state index contributed by atoms with van der Waals surface area (Å²) in [5, 5.41) is 3.49. The van der Waals surface area contributed by atoms with Crippen LogP contribution in [0.25, 0.3) is 0 Å². The number of ether oxygens (including phenoxy) is 1. The molecule has 1 N–H and O–H groups in total. The molecular formula is C13H26N2O2. The van der Waals surface area contributed by atoms with Gasteiger partial charge in [0.2, 0.25) is 0 Å². The molecule has 1 aliphatic rings. The molecule has 0 unspecified atom stereocenters. The van der Waals surface area contributed by atoms with Gasteiger partial charge in [0.25, 0.3) is 0 Å². The van der Waals surface area contributed by atoms with E-state index < -0.39 is 5.60 Å². The van der Waals surface area contributed by atoms with Crippen molar-refractivity contribution in [2.24, 2.45) is 0 Å². The fourth-order valence-electron chi connectivity index (χ4n) is 2.17. The van der Waals surface area contributed by atoms with Gasteiger partial charge in [0.05, 0.1) is 0 Å². The number of likely N-dealkylation sites (tertiary alicyclic amines) is 1. The molecule has 0 aliphatic carbocycles. The van der Waals surface area contributed by atoms with Crippen LogP contribution in [0, 0.1) is 0 Å². The fourth-order valence-corrected chi connectivity index (χ4v) is 2.17. The van der Waals surface area contributed by atoms with Gasteiger partial charge in [0, 0.05) is 24.7 Å². The molecule has 1 saturated heterocycles. The van der Waals surface area contributed by atoms with Crippen molar-refractivity contribution in [1.82, 2.24) is 10.2 Å². The molecule has 1 rings (SSSR count). The first-order valence-electron chi connectivity index (χ1n) is 6.46. The normalized spacial score (nSPS) is 25.5. The van der Waals surface area contributed by atoms with Crippen LogP contribution >= 0.6 is 0 Å². The van der Waals surface area contributed by atoms with Crippen LogP contribution in [0.15, 0.2) is 0 Å². The lowest BCUT2D eigenvalue weighted by molar-refractivity contribution is 0.0228. The Kier molecular flexibility index (Phi) is 4.42. The monoisotopic (exact) mass is 242 g/mol. The molecule has 4 heteroatoms. The maximum Gasteiger partial charge on any atom is 0.410 e. The average Bonchev–Trinajstić information content (AvgIpc) is 2.44. The smallest absolute Gasteiger partial charge is 0.410 e. The number of nitrogens with zero attached hydrogens (tertiary/aromatic N) is 1. The van der Waals surface area contributed by atoms with Gasteiger partial charge in [-0.15, -0.1) is 0 Å². The lowest BCUT2D eigenvalue weighted by Gasteiger charge is -2.29. The van der Waals surface area contributed by atoms with Crippen LogP contribution in [-0.2, 0) is 4.74 Å². The number of carbonyl (C=O) groups is 1. The summed E-state index contributed by atoms with van der Waals surface area (Å²) in [5.41, 5.74) is -0.416. The predicted molar refractivity (Wildman–Crippen MR) is 69.1 cm³/mol. The molecule has 0 aromatic heterocycles. The van der Waals surface area contributed by atoms with E-state index in [0.29, 0.717) is 12.1 Å². The third-order valence-electron chi connectivity index (χ3n) is 2.93. The number of rotatable bonds is 2. The first-order valence-corrected chi connectivity index (χ1v) is 6.46. The first-order chi connectivity index (χ1) is 7.70. The highest BCUT2D eigenvalue weighted by molar-refractivity contribution is 5.69. The highest BCUT2D eigenvalue weighted by atomic mass is 16.6. The van der Waals surface area contributed by atoms with Crippen molar-refractivity contribution in [3.05, 3.63) is 0 Å². The molecule has 1 aliphatic heterocycles. The molecule has 0 saturated carbocycles. The Bertz CT molecular complexity index is 271. The second-order valence-corrected chi connectivity index (χ2v) is 6.13. The Balaban J connectivity index is 2.54. The molecule has 0 aromatic rings. The standard InChI is InChI=1S/C13H26N2O2/c1-9(2)14-11-7-8-15(10(11)3)12(16)17-13(4,5)6/h9-11,14H,7-8H2,1-6H3/t10-,11-/m0/s1. The lowest BCUT2D eigenvalue weighted by atomic mass is 10.1. The number of carbonyl (C=O) groups excluding carboxylic acids is 1. The van der Waals surface area contributed by atoms with Gasteiger partial charge in [0.15, 0.2) is 0 Å². The van der Waals surface area contributed by atoms with Crippen molar-refractivity contribution in [1.29, 1.82) is 0 Å². The van der Waals surface area contributed by atoms with Crippen LogP contribution in [-0.4, -0.2) is 41.3 Å². The summed E-state index contributed by atoms with van der Waals surface area (Å²) in [6, 6.07) is 1.02. The Hall–Kier alpha value is -0.770. The van der Waals surface area contributed by atoms with Crippen LogP contribution in [0.1, 0.15) is 48.0 Å². The van der Waals surface area contributed by atoms with E-state index in [1.165, 1.54) is 0 Å². The van der Waals surface area contributed by atoms with E-state index in [0.717, 1.165) is 13.0 Å². The summed E-state index contributed by atoms with van der Waals surface area (Å²) in [6.07, 6.45) is 0.802.